The monoisotopic (exact) mass is 264 g/mol. The highest BCUT2D eigenvalue weighted by molar-refractivity contribution is 7.12. The molecule has 0 aliphatic carbocycles. The van der Waals surface area contributed by atoms with Crippen molar-refractivity contribution in [2.45, 2.75) is 59.1 Å². The van der Waals surface area contributed by atoms with Crippen LogP contribution < -0.4 is 0 Å². The summed E-state index contributed by atoms with van der Waals surface area (Å²) in [4.78, 5) is 1.23. The van der Waals surface area contributed by atoms with Gasteiger partial charge in [0.1, 0.15) is 0 Å². The molecule has 0 radical (unpaired) electrons. The van der Waals surface area contributed by atoms with Crippen molar-refractivity contribution in [1.29, 1.82) is 0 Å². The van der Waals surface area contributed by atoms with Crippen molar-refractivity contribution in [3.05, 3.63) is 20.9 Å². The summed E-state index contributed by atoms with van der Waals surface area (Å²) in [6.45, 7) is 5.46. The van der Waals surface area contributed by atoms with Crippen molar-refractivity contribution < 1.29 is 13.2 Å². The minimum Gasteiger partial charge on any atom is -0.166 e. The molecule has 0 saturated carbocycles. The molecule has 0 unspecified atom stereocenters. The predicted octanol–water partition coefficient (Wildman–Crippen LogP) is 5.51. The molecule has 0 bridgehead atoms. The average Bonchev–Trinajstić information content (AvgIpc) is 2.47. The van der Waals surface area contributed by atoms with Gasteiger partial charge in [-0.15, -0.1) is 11.3 Å². The van der Waals surface area contributed by atoms with E-state index in [0.29, 0.717) is 16.9 Å². The van der Waals surface area contributed by atoms with E-state index in [4.69, 9.17) is 0 Å². The molecule has 1 aromatic heterocycles. The molecule has 1 aromatic rings. The number of hydrogen-bond acceptors (Lipinski definition) is 1. The van der Waals surface area contributed by atoms with E-state index in [1.807, 2.05) is 0 Å². The van der Waals surface area contributed by atoms with Crippen LogP contribution in [0, 0.1) is 13.8 Å². The molecule has 0 nitrogen and oxygen atoms in total. The Bertz CT molecular complexity index is 363. The summed E-state index contributed by atoms with van der Waals surface area (Å²) in [5, 5.41) is 0. The first-order valence-corrected chi connectivity index (χ1v) is 6.85. The normalized spacial score (nSPS) is 12.1. The second-order valence-electron chi connectivity index (χ2n) is 4.38. The summed E-state index contributed by atoms with van der Waals surface area (Å²) in [6, 6.07) is 0. The van der Waals surface area contributed by atoms with E-state index in [0.717, 1.165) is 30.6 Å². The van der Waals surface area contributed by atoms with Gasteiger partial charge in [-0.3, -0.25) is 0 Å². The number of thiophene rings is 1. The van der Waals surface area contributed by atoms with Crippen LogP contribution in [0.2, 0.25) is 0 Å². The van der Waals surface area contributed by atoms with E-state index < -0.39 is 6.18 Å². The largest absolute Gasteiger partial charge is 0.417 e. The second kappa shape index (κ2) is 5.89. The van der Waals surface area contributed by atoms with Crippen LogP contribution in [0.25, 0.3) is 0 Å². The average molecular weight is 264 g/mol. The van der Waals surface area contributed by atoms with Crippen LogP contribution >= 0.6 is 11.3 Å². The number of rotatable bonds is 5. The standard InChI is InChI=1S/C13H19F3S/c1-4-5-6-7-8-11-9(2)17-10(3)12(11)13(14,15)16/h4-8H2,1-3H3. The Hall–Kier alpha value is -0.510. The third kappa shape index (κ3) is 3.73. The number of halogens is 3. The summed E-state index contributed by atoms with van der Waals surface area (Å²) in [6.07, 6.45) is 0.438. The summed E-state index contributed by atoms with van der Waals surface area (Å²) in [5.74, 6) is 0. The van der Waals surface area contributed by atoms with Crippen LogP contribution in [0.4, 0.5) is 13.2 Å². The summed E-state index contributed by atoms with van der Waals surface area (Å²) in [5.41, 5.74) is 0.146. The van der Waals surface area contributed by atoms with Gasteiger partial charge >= 0.3 is 6.18 Å². The Labute approximate surface area is 105 Å². The van der Waals surface area contributed by atoms with Gasteiger partial charge in [0.15, 0.2) is 0 Å². The maximum Gasteiger partial charge on any atom is 0.417 e. The van der Waals surface area contributed by atoms with Gasteiger partial charge in [-0.1, -0.05) is 26.2 Å². The Morgan fingerprint density at radius 3 is 2.18 bits per heavy atom. The van der Waals surface area contributed by atoms with Crippen molar-refractivity contribution in [3.63, 3.8) is 0 Å². The lowest BCUT2D eigenvalue weighted by Gasteiger charge is -2.10. The van der Waals surface area contributed by atoms with E-state index in [2.05, 4.69) is 6.92 Å². The zero-order valence-corrected chi connectivity index (χ0v) is 11.4. The maximum absolute atomic E-state index is 12.9. The first-order valence-electron chi connectivity index (χ1n) is 6.04. The lowest BCUT2D eigenvalue weighted by atomic mass is 10.0. The van der Waals surface area contributed by atoms with Crippen LogP contribution in [0.15, 0.2) is 0 Å². The highest BCUT2D eigenvalue weighted by Crippen LogP contribution is 2.40. The van der Waals surface area contributed by atoms with E-state index in [1.165, 1.54) is 11.3 Å². The molecule has 0 N–H and O–H groups in total. The smallest absolute Gasteiger partial charge is 0.166 e. The Morgan fingerprint density at radius 2 is 1.65 bits per heavy atom. The van der Waals surface area contributed by atoms with Gasteiger partial charge < -0.3 is 0 Å². The lowest BCUT2D eigenvalue weighted by Crippen LogP contribution is -2.09. The Balaban J connectivity index is 2.83. The molecule has 4 heteroatoms. The van der Waals surface area contributed by atoms with Crippen molar-refractivity contribution in [2.75, 3.05) is 0 Å². The molecule has 0 aliphatic heterocycles. The Morgan fingerprint density at radius 1 is 1.00 bits per heavy atom. The van der Waals surface area contributed by atoms with E-state index >= 15 is 0 Å². The van der Waals surface area contributed by atoms with E-state index in [9.17, 15) is 13.2 Å². The van der Waals surface area contributed by atoms with Gasteiger partial charge in [-0.05, 0) is 32.3 Å². The maximum atomic E-state index is 12.9. The van der Waals surface area contributed by atoms with Crippen LogP contribution in [-0.2, 0) is 12.6 Å². The molecule has 0 saturated heterocycles. The zero-order valence-electron chi connectivity index (χ0n) is 10.6. The van der Waals surface area contributed by atoms with Gasteiger partial charge in [0.05, 0.1) is 5.56 Å². The van der Waals surface area contributed by atoms with Crippen molar-refractivity contribution >= 4 is 11.3 Å². The van der Waals surface area contributed by atoms with Gasteiger partial charge in [0, 0.05) is 9.75 Å². The fourth-order valence-corrected chi connectivity index (χ4v) is 3.26. The molecule has 17 heavy (non-hydrogen) atoms. The predicted molar refractivity (Wildman–Crippen MR) is 66.6 cm³/mol. The fraction of sp³-hybridized carbons (Fsp3) is 0.692. The number of unbranched alkanes of at least 4 members (excludes halogenated alkanes) is 3. The summed E-state index contributed by atoms with van der Waals surface area (Å²) < 4.78 is 38.7. The Kier molecular flexibility index (Phi) is 5.04. The summed E-state index contributed by atoms with van der Waals surface area (Å²) in [7, 11) is 0. The van der Waals surface area contributed by atoms with Gasteiger partial charge in [0.25, 0.3) is 0 Å². The quantitative estimate of drug-likeness (QED) is 0.615. The molecule has 0 amide bonds. The molecule has 1 heterocycles. The highest BCUT2D eigenvalue weighted by atomic mass is 32.1. The van der Waals surface area contributed by atoms with Crippen molar-refractivity contribution in [2.24, 2.45) is 0 Å². The first-order chi connectivity index (χ1) is 7.88. The molecule has 1 rings (SSSR count). The lowest BCUT2D eigenvalue weighted by molar-refractivity contribution is -0.138. The molecule has 0 fully saturated rings. The van der Waals surface area contributed by atoms with E-state index in [1.54, 1.807) is 13.8 Å². The minimum atomic E-state index is -4.20. The third-order valence-corrected chi connectivity index (χ3v) is 4.01. The van der Waals surface area contributed by atoms with Crippen molar-refractivity contribution in [3.8, 4) is 0 Å². The molecular formula is C13H19F3S. The van der Waals surface area contributed by atoms with Gasteiger partial charge in [-0.25, -0.2) is 0 Å². The third-order valence-electron chi connectivity index (χ3n) is 2.95. The SMILES string of the molecule is CCCCCCc1c(C)sc(C)c1C(F)(F)F. The molecule has 98 valence electrons. The van der Waals surface area contributed by atoms with E-state index in [-0.39, 0.29) is 5.56 Å². The van der Waals surface area contributed by atoms with Crippen LogP contribution in [0.3, 0.4) is 0 Å². The van der Waals surface area contributed by atoms with Crippen molar-refractivity contribution in [1.82, 2.24) is 0 Å². The summed E-state index contributed by atoms with van der Waals surface area (Å²) >= 11 is 1.27. The number of hydrogen-bond donors (Lipinski definition) is 0. The number of alkyl halides is 3. The van der Waals surface area contributed by atoms with Gasteiger partial charge in [-0.2, -0.15) is 13.2 Å². The first kappa shape index (κ1) is 14.6. The van der Waals surface area contributed by atoms with Crippen LogP contribution in [0.5, 0.6) is 0 Å². The fourth-order valence-electron chi connectivity index (χ4n) is 2.13. The molecule has 0 spiro atoms. The number of aryl methyl sites for hydroxylation is 2. The highest BCUT2D eigenvalue weighted by Gasteiger charge is 2.36. The molecule has 0 atom stereocenters. The zero-order chi connectivity index (χ0) is 13.1. The molecule has 0 aromatic carbocycles. The molecular weight excluding hydrogens is 245 g/mol. The second-order valence-corrected chi connectivity index (χ2v) is 5.81. The van der Waals surface area contributed by atoms with Crippen LogP contribution in [0.1, 0.15) is 53.5 Å². The minimum absolute atomic E-state index is 0.378. The van der Waals surface area contributed by atoms with Gasteiger partial charge in [0.2, 0.25) is 0 Å². The topological polar surface area (TPSA) is 0 Å². The van der Waals surface area contributed by atoms with Crippen LogP contribution in [-0.4, -0.2) is 0 Å². The molecule has 0 aliphatic rings.